The molecule has 1 saturated carbocycles. The number of ether oxygens (including phenoxy) is 1. The van der Waals surface area contributed by atoms with Crippen molar-refractivity contribution in [2.24, 2.45) is 5.92 Å². The van der Waals surface area contributed by atoms with Gasteiger partial charge in [0.2, 0.25) is 11.8 Å². The average Bonchev–Trinajstić information content (AvgIpc) is 2.67. The van der Waals surface area contributed by atoms with Crippen LogP contribution in [-0.4, -0.2) is 16.6 Å². The van der Waals surface area contributed by atoms with Crippen LogP contribution in [0.1, 0.15) is 25.7 Å². The zero-order chi connectivity index (χ0) is 9.80. The van der Waals surface area contributed by atoms with Gasteiger partial charge in [-0.15, -0.1) is 0 Å². The van der Waals surface area contributed by atoms with Gasteiger partial charge < -0.3 is 4.74 Å². The van der Waals surface area contributed by atoms with Gasteiger partial charge in [-0.1, -0.05) is 12.8 Å². The molecule has 1 aliphatic carbocycles. The molecule has 0 aliphatic heterocycles. The van der Waals surface area contributed by atoms with Gasteiger partial charge in [-0.3, -0.25) is 0 Å². The number of rotatable bonds is 3. The molecule has 0 saturated heterocycles. The summed E-state index contributed by atoms with van der Waals surface area (Å²) >= 11 is 0. The molecule has 0 bridgehead atoms. The second kappa shape index (κ2) is 4.35. The fourth-order valence-electron chi connectivity index (χ4n) is 1.78. The molecule has 1 aromatic heterocycles. The van der Waals surface area contributed by atoms with Crippen molar-refractivity contribution in [3.8, 4) is 5.88 Å². The molecular formula is C10H13FN2O. The van der Waals surface area contributed by atoms with Crippen LogP contribution in [0.3, 0.4) is 0 Å². The summed E-state index contributed by atoms with van der Waals surface area (Å²) in [5.41, 5.74) is 0. The van der Waals surface area contributed by atoms with Gasteiger partial charge in [0.05, 0.1) is 12.7 Å². The summed E-state index contributed by atoms with van der Waals surface area (Å²) in [6.07, 6.45) is 6.18. The minimum absolute atomic E-state index is 0.337. The maximum Gasteiger partial charge on any atom is 0.219 e. The monoisotopic (exact) mass is 196 g/mol. The van der Waals surface area contributed by atoms with E-state index in [4.69, 9.17) is 4.74 Å². The van der Waals surface area contributed by atoms with Crippen molar-refractivity contribution < 1.29 is 9.13 Å². The number of hydrogen-bond acceptors (Lipinski definition) is 3. The Bertz CT molecular complexity index is 300. The second-order valence-electron chi connectivity index (χ2n) is 3.64. The lowest BCUT2D eigenvalue weighted by Gasteiger charge is -2.09. The third-order valence-electron chi connectivity index (χ3n) is 2.55. The Morgan fingerprint density at radius 3 is 2.86 bits per heavy atom. The smallest absolute Gasteiger partial charge is 0.219 e. The molecule has 1 heterocycles. The SMILES string of the molecule is Fc1cc(OCC2CCCC2)ncn1. The Kier molecular flexibility index (Phi) is 2.91. The Balaban J connectivity index is 1.85. The predicted octanol–water partition coefficient (Wildman–Crippen LogP) is 2.18. The first kappa shape index (κ1) is 9.37. The standard InChI is InChI=1S/C10H13FN2O/c11-9-5-10(13-7-12-9)14-6-8-3-1-2-4-8/h5,7-8H,1-4,6H2. The first-order valence-electron chi connectivity index (χ1n) is 4.95. The lowest BCUT2D eigenvalue weighted by atomic mass is 10.1. The highest BCUT2D eigenvalue weighted by atomic mass is 19.1. The van der Waals surface area contributed by atoms with Crippen LogP contribution in [0.5, 0.6) is 5.88 Å². The largest absolute Gasteiger partial charge is 0.477 e. The molecular weight excluding hydrogens is 183 g/mol. The van der Waals surface area contributed by atoms with Crippen molar-refractivity contribution in [1.29, 1.82) is 0 Å². The highest BCUT2D eigenvalue weighted by molar-refractivity contribution is 5.05. The topological polar surface area (TPSA) is 35.0 Å². The minimum atomic E-state index is -0.540. The second-order valence-corrected chi connectivity index (χ2v) is 3.64. The van der Waals surface area contributed by atoms with Crippen LogP contribution in [0, 0.1) is 11.9 Å². The van der Waals surface area contributed by atoms with E-state index in [0.717, 1.165) is 0 Å². The molecule has 0 unspecified atom stereocenters. The van der Waals surface area contributed by atoms with E-state index in [9.17, 15) is 4.39 Å². The summed E-state index contributed by atoms with van der Waals surface area (Å²) < 4.78 is 18.0. The van der Waals surface area contributed by atoms with E-state index in [0.29, 0.717) is 18.4 Å². The van der Waals surface area contributed by atoms with Crippen molar-refractivity contribution in [3.05, 3.63) is 18.3 Å². The van der Waals surface area contributed by atoms with Crippen LogP contribution in [0.25, 0.3) is 0 Å². The zero-order valence-electron chi connectivity index (χ0n) is 7.95. The summed E-state index contributed by atoms with van der Waals surface area (Å²) in [7, 11) is 0. The van der Waals surface area contributed by atoms with Crippen molar-refractivity contribution in [3.63, 3.8) is 0 Å². The molecule has 1 aromatic rings. The predicted molar refractivity (Wildman–Crippen MR) is 49.4 cm³/mol. The average molecular weight is 196 g/mol. The molecule has 0 spiro atoms. The van der Waals surface area contributed by atoms with Gasteiger partial charge in [0.15, 0.2) is 0 Å². The van der Waals surface area contributed by atoms with E-state index >= 15 is 0 Å². The van der Waals surface area contributed by atoms with Crippen molar-refractivity contribution in [2.75, 3.05) is 6.61 Å². The summed E-state index contributed by atoms with van der Waals surface area (Å²) in [4.78, 5) is 7.19. The number of halogens is 1. The van der Waals surface area contributed by atoms with Crippen LogP contribution >= 0.6 is 0 Å². The number of hydrogen-bond donors (Lipinski definition) is 0. The van der Waals surface area contributed by atoms with Crippen LogP contribution in [0.2, 0.25) is 0 Å². The van der Waals surface area contributed by atoms with E-state index < -0.39 is 5.95 Å². The lowest BCUT2D eigenvalue weighted by molar-refractivity contribution is 0.241. The van der Waals surface area contributed by atoms with Crippen molar-refractivity contribution >= 4 is 0 Å². The molecule has 4 heteroatoms. The number of aromatic nitrogens is 2. The minimum Gasteiger partial charge on any atom is -0.477 e. The van der Waals surface area contributed by atoms with Crippen molar-refractivity contribution in [2.45, 2.75) is 25.7 Å². The molecule has 2 rings (SSSR count). The zero-order valence-corrected chi connectivity index (χ0v) is 7.95. The Hall–Kier alpha value is -1.19. The molecule has 1 aliphatic rings. The van der Waals surface area contributed by atoms with Gasteiger partial charge in [-0.25, -0.2) is 9.97 Å². The molecule has 0 atom stereocenters. The van der Waals surface area contributed by atoms with Gasteiger partial charge in [0, 0.05) is 0 Å². The third-order valence-corrected chi connectivity index (χ3v) is 2.55. The highest BCUT2D eigenvalue weighted by Gasteiger charge is 2.15. The van der Waals surface area contributed by atoms with Crippen LogP contribution in [0.15, 0.2) is 12.4 Å². The van der Waals surface area contributed by atoms with Crippen molar-refractivity contribution in [1.82, 2.24) is 9.97 Å². The first-order chi connectivity index (χ1) is 6.84. The Morgan fingerprint density at radius 1 is 1.36 bits per heavy atom. The molecule has 1 fully saturated rings. The van der Waals surface area contributed by atoms with Gasteiger partial charge in [-0.05, 0) is 18.8 Å². The van der Waals surface area contributed by atoms with E-state index in [1.54, 1.807) is 0 Å². The lowest BCUT2D eigenvalue weighted by Crippen LogP contribution is -2.09. The Labute approximate surface area is 82.3 Å². The van der Waals surface area contributed by atoms with Crippen LogP contribution in [0.4, 0.5) is 4.39 Å². The van der Waals surface area contributed by atoms with Gasteiger partial charge >= 0.3 is 0 Å². The quantitative estimate of drug-likeness (QED) is 0.695. The van der Waals surface area contributed by atoms with E-state index in [2.05, 4.69) is 9.97 Å². The van der Waals surface area contributed by atoms with Crippen LogP contribution < -0.4 is 4.74 Å². The first-order valence-corrected chi connectivity index (χ1v) is 4.95. The molecule has 0 aromatic carbocycles. The third kappa shape index (κ3) is 2.40. The molecule has 14 heavy (non-hydrogen) atoms. The number of nitrogens with zero attached hydrogens (tertiary/aromatic N) is 2. The van der Waals surface area contributed by atoms with Gasteiger partial charge in [0.25, 0.3) is 0 Å². The summed E-state index contributed by atoms with van der Waals surface area (Å²) in [5, 5.41) is 0. The molecule has 0 N–H and O–H groups in total. The fourth-order valence-corrected chi connectivity index (χ4v) is 1.78. The summed E-state index contributed by atoms with van der Waals surface area (Å²) in [6.45, 7) is 0.649. The van der Waals surface area contributed by atoms with E-state index in [1.807, 2.05) is 0 Å². The normalized spacial score (nSPS) is 17.2. The maximum absolute atomic E-state index is 12.6. The van der Waals surface area contributed by atoms with Gasteiger partial charge in [0.1, 0.15) is 6.33 Å². The molecule has 3 nitrogen and oxygen atoms in total. The highest BCUT2D eigenvalue weighted by Crippen LogP contribution is 2.25. The molecule has 0 radical (unpaired) electrons. The fraction of sp³-hybridized carbons (Fsp3) is 0.600. The maximum atomic E-state index is 12.6. The van der Waals surface area contributed by atoms with Gasteiger partial charge in [-0.2, -0.15) is 4.39 Å². The van der Waals surface area contributed by atoms with Crippen LogP contribution in [-0.2, 0) is 0 Å². The van der Waals surface area contributed by atoms with E-state index in [1.165, 1.54) is 38.1 Å². The Morgan fingerprint density at radius 2 is 2.14 bits per heavy atom. The summed E-state index contributed by atoms with van der Waals surface area (Å²) in [6, 6.07) is 1.22. The molecule has 76 valence electrons. The summed E-state index contributed by atoms with van der Waals surface area (Å²) in [5.74, 6) is 0.416. The molecule has 0 amide bonds. The van der Waals surface area contributed by atoms with E-state index in [-0.39, 0.29) is 0 Å².